The minimum absolute atomic E-state index is 0.232. The average molecular weight is 251 g/mol. The van der Waals surface area contributed by atoms with Crippen LogP contribution in [0, 0.1) is 6.07 Å². The molecule has 0 amide bonds. The van der Waals surface area contributed by atoms with Gasteiger partial charge >= 0.3 is 6.18 Å². The van der Waals surface area contributed by atoms with Gasteiger partial charge in [-0.05, 0) is 35.9 Å². The van der Waals surface area contributed by atoms with Gasteiger partial charge in [-0.15, -0.1) is 0 Å². The fourth-order valence-electron chi connectivity index (χ4n) is 1.42. The molecule has 2 rings (SSSR count). The maximum Gasteiger partial charge on any atom is 0.416 e. The number of benzene rings is 2. The molecule has 0 N–H and O–H groups in total. The second kappa shape index (κ2) is 5.12. The molecule has 1 radical (unpaired) electrons. The van der Waals surface area contributed by atoms with Gasteiger partial charge in [0.05, 0.1) is 5.56 Å². The summed E-state index contributed by atoms with van der Waals surface area (Å²) >= 11 is 0. The van der Waals surface area contributed by atoms with E-state index in [1.165, 1.54) is 12.1 Å². The van der Waals surface area contributed by atoms with Gasteiger partial charge in [0.15, 0.2) is 0 Å². The summed E-state index contributed by atoms with van der Waals surface area (Å²) in [6, 6.07) is 14.7. The third-order valence-electron chi connectivity index (χ3n) is 2.37. The SMILES string of the molecule is FC(F)(F)c1ccc(COc2c[c]ccc2)cc1. The van der Waals surface area contributed by atoms with Crippen molar-refractivity contribution in [1.82, 2.24) is 0 Å². The molecule has 0 aromatic heterocycles. The zero-order valence-corrected chi connectivity index (χ0v) is 9.37. The summed E-state index contributed by atoms with van der Waals surface area (Å²) in [6.45, 7) is 0.232. The Hall–Kier alpha value is -1.97. The second-order valence-electron chi connectivity index (χ2n) is 3.72. The van der Waals surface area contributed by atoms with Crippen molar-refractivity contribution in [3.63, 3.8) is 0 Å². The van der Waals surface area contributed by atoms with Gasteiger partial charge in [0, 0.05) is 0 Å². The van der Waals surface area contributed by atoms with Crippen molar-refractivity contribution in [1.29, 1.82) is 0 Å². The van der Waals surface area contributed by atoms with Gasteiger partial charge in [0.2, 0.25) is 0 Å². The highest BCUT2D eigenvalue weighted by atomic mass is 19.4. The lowest BCUT2D eigenvalue weighted by atomic mass is 10.1. The molecule has 93 valence electrons. The molecule has 0 fully saturated rings. The first-order valence-corrected chi connectivity index (χ1v) is 5.31. The van der Waals surface area contributed by atoms with Crippen LogP contribution in [-0.2, 0) is 12.8 Å². The van der Waals surface area contributed by atoms with E-state index in [-0.39, 0.29) is 6.61 Å². The molecule has 0 saturated carbocycles. The number of halogens is 3. The van der Waals surface area contributed by atoms with Gasteiger partial charge in [0.1, 0.15) is 12.4 Å². The van der Waals surface area contributed by atoms with E-state index in [0.717, 1.165) is 12.1 Å². The van der Waals surface area contributed by atoms with Crippen LogP contribution in [-0.4, -0.2) is 0 Å². The van der Waals surface area contributed by atoms with E-state index >= 15 is 0 Å². The van der Waals surface area contributed by atoms with Crippen molar-refractivity contribution in [2.24, 2.45) is 0 Å². The topological polar surface area (TPSA) is 9.23 Å². The Morgan fingerprint density at radius 2 is 1.78 bits per heavy atom. The summed E-state index contributed by atoms with van der Waals surface area (Å²) in [4.78, 5) is 0. The molecule has 18 heavy (non-hydrogen) atoms. The van der Waals surface area contributed by atoms with Crippen LogP contribution in [0.1, 0.15) is 11.1 Å². The predicted octanol–water partition coefficient (Wildman–Crippen LogP) is 4.08. The first-order valence-electron chi connectivity index (χ1n) is 5.31. The second-order valence-corrected chi connectivity index (χ2v) is 3.72. The van der Waals surface area contributed by atoms with E-state index in [4.69, 9.17) is 4.74 Å². The van der Waals surface area contributed by atoms with Crippen LogP contribution in [0.25, 0.3) is 0 Å². The van der Waals surface area contributed by atoms with E-state index < -0.39 is 11.7 Å². The van der Waals surface area contributed by atoms with Gasteiger partial charge in [-0.25, -0.2) is 0 Å². The molecular formula is C14H10F3O. The maximum absolute atomic E-state index is 12.3. The molecule has 0 aliphatic carbocycles. The highest BCUT2D eigenvalue weighted by Gasteiger charge is 2.29. The minimum atomic E-state index is -4.30. The van der Waals surface area contributed by atoms with Crippen LogP contribution < -0.4 is 4.74 Å². The molecule has 0 bridgehead atoms. The number of hydrogen-bond acceptors (Lipinski definition) is 1. The summed E-state index contributed by atoms with van der Waals surface area (Å²) in [5, 5.41) is 0. The van der Waals surface area contributed by atoms with Crippen molar-refractivity contribution < 1.29 is 17.9 Å². The highest BCUT2D eigenvalue weighted by Crippen LogP contribution is 2.29. The van der Waals surface area contributed by atoms with E-state index in [1.807, 2.05) is 0 Å². The third kappa shape index (κ3) is 3.26. The summed E-state index contributed by atoms with van der Waals surface area (Å²) in [6.07, 6.45) is -4.30. The average Bonchev–Trinajstić information content (AvgIpc) is 2.37. The van der Waals surface area contributed by atoms with Gasteiger partial charge in [-0.1, -0.05) is 24.3 Å². The van der Waals surface area contributed by atoms with E-state index in [1.54, 1.807) is 24.3 Å². The maximum atomic E-state index is 12.3. The summed E-state index contributed by atoms with van der Waals surface area (Å²) in [7, 11) is 0. The van der Waals surface area contributed by atoms with Crippen LogP contribution in [0.15, 0.2) is 48.5 Å². The molecule has 2 aromatic carbocycles. The fourth-order valence-corrected chi connectivity index (χ4v) is 1.42. The fraction of sp³-hybridized carbons (Fsp3) is 0.143. The molecule has 0 heterocycles. The van der Waals surface area contributed by atoms with Crippen molar-refractivity contribution in [2.45, 2.75) is 12.8 Å². The Kier molecular flexibility index (Phi) is 3.55. The minimum Gasteiger partial charge on any atom is -0.489 e. The van der Waals surface area contributed by atoms with Gasteiger partial charge in [-0.2, -0.15) is 13.2 Å². The Morgan fingerprint density at radius 3 is 2.33 bits per heavy atom. The standard InChI is InChI=1S/C14H10F3O/c15-14(16,17)12-8-6-11(7-9-12)10-18-13-4-2-1-3-5-13/h1-2,4-9H,10H2. The first kappa shape index (κ1) is 12.5. The first-order chi connectivity index (χ1) is 8.55. The van der Waals surface area contributed by atoms with Crippen molar-refractivity contribution in [3.05, 3.63) is 65.7 Å². The molecule has 0 unspecified atom stereocenters. The smallest absolute Gasteiger partial charge is 0.416 e. The van der Waals surface area contributed by atoms with Crippen LogP contribution in [0.3, 0.4) is 0 Å². The quantitative estimate of drug-likeness (QED) is 0.798. The summed E-state index contributed by atoms with van der Waals surface area (Å²) in [5.74, 6) is 0.636. The van der Waals surface area contributed by atoms with Crippen LogP contribution in [0.5, 0.6) is 5.75 Å². The Labute approximate surface area is 103 Å². The largest absolute Gasteiger partial charge is 0.489 e. The number of ether oxygens (including phenoxy) is 1. The van der Waals surface area contributed by atoms with Crippen molar-refractivity contribution in [3.8, 4) is 5.75 Å². The molecule has 0 atom stereocenters. The van der Waals surface area contributed by atoms with Crippen molar-refractivity contribution in [2.75, 3.05) is 0 Å². The summed E-state index contributed by atoms with van der Waals surface area (Å²) in [5.41, 5.74) is 0.0335. The lowest BCUT2D eigenvalue weighted by Gasteiger charge is -2.08. The normalized spacial score (nSPS) is 11.3. The van der Waals surface area contributed by atoms with Crippen LogP contribution in [0.2, 0.25) is 0 Å². The van der Waals surface area contributed by atoms with Gasteiger partial charge in [0.25, 0.3) is 0 Å². The van der Waals surface area contributed by atoms with E-state index in [2.05, 4.69) is 6.07 Å². The summed E-state index contributed by atoms with van der Waals surface area (Å²) < 4.78 is 42.4. The Balaban J connectivity index is 1.99. The highest BCUT2D eigenvalue weighted by molar-refractivity contribution is 5.25. The molecule has 2 aromatic rings. The lowest BCUT2D eigenvalue weighted by molar-refractivity contribution is -0.137. The predicted molar refractivity (Wildman–Crippen MR) is 61.1 cm³/mol. The van der Waals surface area contributed by atoms with Crippen molar-refractivity contribution >= 4 is 0 Å². The Morgan fingerprint density at radius 1 is 1.06 bits per heavy atom. The van der Waals surface area contributed by atoms with E-state index in [0.29, 0.717) is 11.3 Å². The number of rotatable bonds is 3. The number of hydrogen-bond donors (Lipinski definition) is 0. The van der Waals surface area contributed by atoms with Crippen LogP contribution >= 0.6 is 0 Å². The molecule has 0 aliphatic heterocycles. The number of alkyl halides is 3. The molecular weight excluding hydrogens is 241 g/mol. The van der Waals surface area contributed by atoms with E-state index in [9.17, 15) is 13.2 Å². The van der Waals surface area contributed by atoms with Crippen LogP contribution in [0.4, 0.5) is 13.2 Å². The zero-order chi connectivity index (χ0) is 13.0. The van der Waals surface area contributed by atoms with Gasteiger partial charge in [-0.3, -0.25) is 0 Å². The third-order valence-corrected chi connectivity index (χ3v) is 2.37. The molecule has 0 aliphatic rings. The zero-order valence-electron chi connectivity index (χ0n) is 9.37. The molecule has 4 heteroatoms. The molecule has 1 nitrogen and oxygen atoms in total. The molecule has 0 spiro atoms. The molecule has 0 saturated heterocycles. The Bertz CT molecular complexity index is 489. The van der Waals surface area contributed by atoms with Gasteiger partial charge < -0.3 is 4.74 Å². The lowest BCUT2D eigenvalue weighted by Crippen LogP contribution is -2.05. The monoisotopic (exact) mass is 251 g/mol.